The third-order valence-corrected chi connectivity index (χ3v) is 3.52. The molecule has 1 N–H and O–H groups in total. The van der Waals surface area contributed by atoms with Gasteiger partial charge < -0.3 is 9.84 Å². The van der Waals surface area contributed by atoms with Gasteiger partial charge in [-0.2, -0.15) is 4.98 Å². The van der Waals surface area contributed by atoms with E-state index in [9.17, 15) is 0 Å². The first kappa shape index (κ1) is 13.4. The van der Waals surface area contributed by atoms with Crippen molar-refractivity contribution in [2.75, 3.05) is 5.32 Å². The Labute approximate surface area is 132 Å². The standard InChI is InChI=1S/C16H14N6O/c1-11(14-20-19-13-9-5-6-10-22(13)14)17-16-18-15(23-21-16)12-7-3-2-4-8-12/h2-11H,1H3,(H,17,21). The zero-order valence-corrected chi connectivity index (χ0v) is 12.4. The Morgan fingerprint density at radius 2 is 1.87 bits per heavy atom. The Morgan fingerprint density at radius 1 is 1.04 bits per heavy atom. The van der Waals surface area contributed by atoms with Gasteiger partial charge in [-0.3, -0.25) is 4.40 Å². The lowest BCUT2D eigenvalue weighted by atomic mass is 10.2. The van der Waals surface area contributed by atoms with Gasteiger partial charge in [-0.05, 0) is 36.3 Å². The van der Waals surface area contributed by atoms with Crippen LogP contribution >= 0.6 is 0 Å². The first-order valence-corrected chi connectivity index (χ1v) is 7.26. The Bertz CT molecular complexity index is 930. The van der Waals surface area contributed by atoms with Crippen molar-refractivity contribution >= 4 is 11.6 Å². The number of anilines is 1. The van der Waals surface area contributed by atoms with E-state index in [1.807, 2.05) is 66.1 Å². The summed E-state index contributed by atoms with van der Waals surface area (Å²) in [6.07, 6.45) is 1.93. The Kier molecular flexibility index (Phi) is 3.23. The van der Waals surface area contributed by atoms with E-state index in [1.54, 1.807) is 0 Å². The van der Waals surface area contributed by atoms with Gasteiger partial charge in [-0.25, -0.2) is 0 Å². The molecule has 0 radical (unpaired) electrons. The second-order valence-corrected chi connectivity index (χ2v) is 5.14. The van der Waals surface area contributed by atoms with Gasteiger partial charge in [0.1, 0.15) is 0 Å². The molecular formula is C16H14N6O. The molecule has 1 unspecified atom stereocenters. The number of rotatable bonds is 4. The maximum atomic E-state index is 5.29. The highest BCUT2D eigenvalue weighted by Gasteiger charge is 2.16. The lowest BCUT2D eigenvalue weighted by Crippen LogP contribution is -2.11. The van der Waals surface area contributed by atoms with Gasteiger partial charge in [0.15, 0.2) is 11.5 Å². The highest BCUT2D eigenvalue weighted by Crippen LogP contribution is 2.21. The van der Waals surface area contributed by atoms with Crippen molar-refractivity contribution in [2.45, 2.75) is 13.0 Å². The maximum Gasteiger partial charge on any atom is 0.264 e. The van der Waals surface area contributed by atoms with E-state index in [1.165, 1.54) is 0 Å². The zero-order chi connectivity index (χ0) is 15.6. The van der Waals surface area contributed by atoms with Gasteiger partial charge in [-0.1, -0.05) is 24.3 Å². The van der Waals surface area contributed by atoms with Crippen LogP contribution in [0.4, 0.5) is 5.95 Å². The number of nitrogens with one attached hydrogen (secondary N) is 1. The third kappa shape index (κ3) is 2.52. The third-order valence-electron chi connectivity index (χ3n) is 3.52. The van der Waals surface area contributed by atoms with Crippen LogP contribution in [0.1, 0.15) is 18.8 Å². The van der Waals surface area contributed by atoms with Crippen molar-refractivity contribution in [2.24, 2.45) is 0 Å². The molecule has 0 saturated carbocycles. The number of hydrogen-bond donors (Lipinski definition) is 1. The van der Waals surface area contributed by atoms with Crippen molar-refractivity contribution in [1.82, 2.24) is 24.7 Å². The molecule has 0 bridgehead atoms. The molecule has 7 nitrogen and oxygen atoms in total. The molecule has 4 rings (SSSR count). The minimum absolute atomic E-state index is 0.117. The van der Waals surface area contributed by atoms with Crippen LogP contribution in [0.15, 0.2) is 59.3 Å². The summed E-state index contributed by atoms with van der Waals surface area (Å²) in [5.74, 6) is 1.68. The molecular weight excluding hydrogens is 292 g/mol. The summed E-state index contributed by atoms with van der Waals surface area (Å²) in [6.45, 7) is 1.97. The number of fused-ring (bicyclic) bond motifs is 1. The Hall–Kier alpha value is -3.22. The van der Waals surface area contributed by atoms with E-state index in [4.69, 9.17) is 4.52 Å². The predicted octanol–water partition coefficient (Wildman–Crippen LogP) is 2.95. The quantitative estimate of drug-likeness (QED) is 0.624. The maximum absolute atomic E-state index is 5.29. The molecule has 0 aliphatic rings. The van der Waals surface area contributed by atoms with Gasteiger partial charge in [-0.15, -0.1) is 10.2 Å². The monoisotopic (exact) mass is 306 g/mol. The molecule has 0 saturated heterocycles. The molecule has 1 aromatic carbocycles. The van der Waals surface area contributed by atoms with Crippen LogP contribution in [0, 0.1) is 0 Å². The Balaban J connectivity index is 1.57. The first-order valence-electron chi connectivity index (χ1n) is 7.26. The Morgan fingerprint density at radius 3 is 2.74 bits per heavy atom. The summed E-state index contributed by atoms with van der Waals surface area (Å²) in [5.41, 5.74) is 1.68. The molecule has 1 atom stereocenters. The molecule has 3 heterocycles. The van der Waals surface area contributed by atoms with Gasteiger partial charge in [0, 0.05) is 11.8 Å². The van der Waals surface area contributed by atoms with Crippen LogP contribution in [0.3, 0.4) is 0 Å². The van der Waals surface area contributed by atoms with E-state index in [0.717, 1.165) is 17.0 Å². The average Bonchev–Trinajstić information content (AvgIpc) is 3.22. The predicted molar refractivity (Wildman–Crippen MR) is 84.8 cm³/mol. The number of aromatic nitrogens is 5. The van der Waals surface area contributed by atoms with Crippen LogP contribution < -0.4 is 5.32 Å². The van der Waals surface area contributed by atoms with E-state index >= 15 is 0 Å². The number of benzene rings is 1. The van der Waals surface area contributed by atoms with Gasteiger partial charge in [0.05, 0.1) is 6.04 Å². The topological polar surface area (TPSA) is 81.1 Å². The van der Waals surface area contributed by atoms with Gasteiger partial charge in [0.25, 0.3) is 11.8 Å². The van der Waals surface area contributed by atoms with Crippen molar-refractivity contribution in [1.29, 1.82) is 0 Å². The minimum Gasteiger partial charge on any atom is -0.342 e. The van der Waals surface area contributed by atoms with Crippen LogP contribution in [0.25, 0.3) is 17.1 Å². The number of nitrogens with zero attached hydrogens (tertiary/aromatic N) is 5. The molecule has 23 heavy (non-hydrogen) atoms. The molecule has 0 amide bonds. The summed E-state index contributed by atoms with van der Waals surface area (Å²) < 4.78 is 7.22. The zero-order valence-electron chi connectivity index (χ0n) is 12.4. The molecule has 0 aliphatic heterocycles. The van der Waals surface area contributed by atoms with Crippen LogP contribution in [-0.4, -0.2) is 24.7 Å². The van der Waals surface area contributed by atoms with Crippen LogP contribution in [0.2, 0.25) is 0 Å². The molecule has 3 aromatic heterocycles. The van der Waals surface area contributed by atoms with Crippen molar-refractivity contribution in [3.8, 4) is 11.5 Å². The molecule has 4 aromatic rings. The van der Waals surface area contributed by atoms with Crippen molar-refractivity contribution < 1.29 is 4.52 Å². The number of pyridine rings is 1. The van der Waals surface area contributed by atoms with Gasteiger partial charge >= 0.3 is 0 Å². The number of hydrogen-bond acceptors (Lipinski definition) is 6. The summed E-state index contributed by atoms with van der Waals surface area (Å²) in [6, 6.07) is 15.3. The molecule has 0 spiro atoms. The first-order chi connectivity index (χ1) is 11.3. The van der Waals surface area contributed by atoms with E-state index < -0.39 is 0 Å². The average molecular weight is 306 g/mol. The highest BCUT2D eigenvalue weighted by molar-refractivity contribution is 5.53. The molecule has 7 heteroatoms. The molecule has 0 fully saturated rings. The molecule has 114 valence electrons. The molecule has 0 aliphatic carbocycles. The van der Waals surface area contributed by atoms with Gasteiger partial charge in [0.2, 0.25) is 0 Å². The fourth-order valence-corrected chi connectivity index (χ4v) is 2.39. The second-order valence-electron chi connectivity index (χ2n) is 5.14. The summed E-state index contributed by atoms with van der Waals surface area (Å²) in [7, 11) is 0. The normalized spacial score (nSPS) is 12.4. The minimum atomic E-state index is -0.117. The SMILES string of the molecule is CC(Nc1noc(-c2ccccc2)n1)c1nnc2ccccn12. The largest absolute Gasteiger partial charge is 0.342 e. The summed E-state index contributed by atoms with van der Waals surface area (Å²) in [4.78, 5) is 4.36. The second kappa shape index (κ2) is 5.53. The van der Waals surface area contributed by atoms with E-state index in [-0.39, 0.29) is 6.04 Å². The summed E-state index contributed by atoms with van der Waals surface area (Å²) >= 11 is 0. The summed E-state index contributed by atoms with van der Waals surface area (Å²) in [5, 5.41) is 15.5. The lowest BCUT2D eigenvalue weighted by Gasteiger charge is -2.09. The van der Waals surface area contributed by atoms with Crippen molar-refractivity contribution in [3.05, 3.63) is 60.6 Å². The van der Waals surface area contributed by atoms with E-state index in [0.29, 0.717) is 11.8 Å². The van der Waals surface area contributed by atoms with Crippen molar-refractivity contribution in [3.63, 3.8) is 0 Å². The van der Waals surface area contributed by atoms with E-state index in [2.05, 4.69) is 25.7 Å². The fraction of sp³-hybridized carbons (Fsp3) is 0.125. The smallest absolute Gasteiger partial charge is 0.264 e. The van der Waals surface area contributed by atoms with Crippen LogP contribution in [-0.2, 0) is 0 Å². The van der Waals surface area contributed by atoms with Crippen LogP contribution in [0.5, 0.6) is 0 Å². The fourth-order valence-electron chi connectivity index (χ4n) is 2.39. The highest BCUT2D eigenvalue weighted by atomic mass is 16.5. The lowest BCUT2D eigenvalue weighted by molar-refractivity contribution is 0.431.